The third-order valence-corrected chi connectivity index (χ3v) is 12.9. The molecule has 110 valence electrons. The number of thioether (sulfide) groups is 2. The van der Waals surface area contributed by atoms with Crippen LogP contribution in [0.25, 0.3) is 30.4 Å². The van der Waals surface area contributed by atoms with Gasteiger partial charge in [0.15, 0.2) is 0 Å². The predicted octanol–water partition coefficient (Wildman–Crippen LogP) is 5.22. The molecule has 0 radical (unpaired) electrons. The summed E-state index contributed by atoms with van der Waals surface area (Å²) in [5.41, 5.74) is 0. The van der Waals surface area contributed by atoms with Gasteiger partial charge < -0.3 is 0 Å². The van der Waals surface area contributed by atoms with Gasteiger partial charge in [-0.3, -0.25) is 0 Å². The molecule has 2 aromatic heterocycles. The summed E-state index contributed by atoms with van der Waals surface area (Å²) >= 11 is 4.78. The molecule has 0 amide bonds. The van der Waals surface area contributed by atoms with E-state index in [9.17, 15) is 0 Å². The first-order chi connectivity index (χ1) is 10.8. The van der Waals surface area contributed by atoms with Crippen LogP contribution in [0.3, 0.4) is 0 Å². The van der Waals surface area contributed by atoms with Crippen molar-refractivity contribution in [3.63, 3.8) is 0 Å². The summed E-state index contributed by atoms with van der Waals surface area (Å²) in [5, 5.41) is 5.92. The van der Waals surface area contributed by atoms with Gasteiger partial charge in [0.2, 0.25) is 0 Å². The normalized spacial score (nSPS) is 11.5. The molecule has 4 rings (SSSR count). The van der Waals surface area contributed by atoms with E-state index in [0.717, 1.165) is 0 Å². The van der Waals surface area contributed by atoms with Crippen LogP contribution in [0.5, 0.6) is 0 Å². The van der Waals surface area contributed by atoms with Crippen molar-refractivity contribution in [2.24, 2.45) is 0 Å². The van der Waals surface area contributed by atoms with E-state index in [-0.39, 0.29) is 0 Å². The van der Waals surface area contributed by atoms with Crippen LogP contribution in [-0.4, -0.2) is 41.5 Å². The molecular weight excluding hydrogens is 438 g/mol. The summed E-state index contributed by atoms with van der Waals surface area (Å²) in [5.74, 6) is 0. The number of benzene rings is 2. The Labute approximate surface area is 150 Å². The van der Waals surface area contributed by atoms with Gasteiger partial charge in [-0.1, -0.05) is 0 Å². The van der Waals surface area contributed by atoms with Crippen molar-refractivity contribution >= 4 is 74.1 Å². The third-order valence-electron chi connectivity index (χ3n) is 3.75. The fourth-order valence-electron chi connectivity index (χ4n) is 2.76. The Morgan fingerprint density at radius 2 is 0.955 bits per heavy atom. The van der Waals surface area contributed by atoms with Gasteiger partial charge in [0.25, 0.3) is 0 Å². The van der Waals surface area contributed by atoms with E-state index in [4.69, 9.17) is 0 Å². The van der Waals surface area contributed by atoms with Gasteiger partial charge in [0.05, 0.1) is 0 Å². The quantitative estimate of drug-likeness (QED) is 0.309. The first kappa shape index (κ1) is 15.2. The van der Waals surface area contributed by atoms with Crippen LogP contribution in [0.2, 0.25) is 0 Å². The van der Waals surface area contributed by atoms with Gasteiger partial charge in [0, 0.05) is 0 Å². The molecule has 2 heterocycles. The Balaban J connectivity index is 2.08. The third kappa shape index (κ3) is 2.38. The number of rotatable bonds is 3. The molecule has 0 nitrogen and oxygen atoms in total. The van der Waals surface area contributed by atoms with Crippen molar-refractivity contribution in [3.8, 4) is 8.87 Å². The first-order valence-electron chi connectivity index (χ1n) is 6.95. The van der Waals surface area contributed by atoms with Crippen molar-refractivity contribution < 1.29 is 0 Å². The van der Waals surface area contributed by atoms with Crippen LogP contribution in [0.4, 0.5) is 0 Å². The molecule has 0 spiro atoms. The second kappa shape index (κ2) is 6.28. The molecule has 2 aromatic carbocycles. The summed E-state index contributed by atoms with van der Waals surface area (Å²) in [7, 11) is 0. The van der Waals surface area contributed by atoms with E-state index in [1.165, 1.54) is 21.5 Å². The van der Waals surface area contributed by atoms with E-state index in [1.807, 2.05) is 23.5 Å². The summed E-state index contributed by atoms with van der Waals surface area (Å²) in [6, 6.07) is 17.9. The van der Waals surface area contributed by atoms with E-state index < -0.39 is 0 Å². The standard InChI is InChI=1S/C18H14S2Se2/c1-19-17-13-9-5-3-7-11(13)15(21-17)16-12-8-4-6-10-14(12)18(20-2)22-16/h3-10H,1-2H3. The van der Waals surface area contributed by atoms with Gasteiger partial charge >= 0.3 is 152 Å². The van der Waals surface area contributed by atoms with Crippen LogP contribution >= 0.6 is 23.5 Å². The zero-order chi connectivity index (χ0) is 15.1. The molecule has 0 unspecified atom stereocenters. The minimum absolute atomic E-state index is 0.459. The Bertz CT molecular complexity index is 886. The molecule has 0 bridgehead atoms. The predicted molar refractivity (Wildman–Crippen MR) is 104 cm³/mol. The molecule has 0 saturated heterocycles. The maximum absolute atomic E-state index is 2.32. The fraction of sp³-hybridized carbons (Fsp3) is 0.111. The summed E-state index contributed by atoms with van der Waals surface area (Å²) in [4.78, 5) is 0. The Morgan fingerprint density at radius 1 is 0.591 bits per heavy atom. The topological polar surface area (TPSA) is 0 Å². The average Bonchev–Trinajstić information content (AvgIpc) is 3.13. The average molecular weight is 452 g/mol. The first-order valence-corrected chi connectivity index (χ1v) is 12.8. The molecule has 4 heteroatoms. The molecule has 0 aliphatic carbocycles. The van der Waals surface area contributed by atoms with Crippen molar-refractivity contribution in [1.29, 1.82) is 0 Å². The number of hydrogen-bond donors (Lipinski definition) is 0. The maximum atomic E-state index is 2.32. The van der Waals surface area contributed by atoms with E-state index in [0.29, 0.717) is 29.0 Å². The Kier molecular flexibility index (Phi) is 4.34. The van der Waals surface area contributed by atoms with Gasteiger partial charge in [-0.2, -0.15) is 0 Å². The van der Waals surface area contributed by atoms with Gasteiger partial charge in [-0.05, 0) is 0 Å². The summed E-state index contributed by atoms with van der Waals surface area (Å²) in [6.07, 6.45) is 4.43. The second-order valence-electron chi connectivity index (χ2n) is 4.94. The van der Waals surface area contributed by atoms with Gasteiger partial charge in [-0.15, -0.1) is 0 Å². The Hall–Kier alpha value is -0.341. The molecule has 4 aromatic rings. The molecule has 22 heavy (non-hydrogen) atoms. The van der Waals surface area contributed by atoms with Crippen LogP contribution in [-0.2, 0) is 0 Å². The number of hydrogen-bond acceptors (Lipinski definition) is 2. The van der Waals surface area contributed by atoms with Crippen molar-refractivity contribution in [1.82, 2.24) is 0 Å². The molecule has 0 atom stereocenters. The van der Waals surface area contributed by atoms with E-state index in [2.05, 4.69) is 61.0 Å². The monoisotopic (exact) mass is 454 g/mol. The number of fused-ring (bicyclic) bond motifs is 2. The van der Waals surface area contributed by atoms with Crippen LogP contribution in [0, 0.1) is 0 Å². The second-order valence-corrected chi connectivity index (χ2v) is 12.0. The zero-order valence-corrected chi connectivity index (χ0v) is 17.3. The molecule has 0 aliphatic heterocycles. The summed E-state index contributed by atoms with van der Waals surface area (Å²) in [6.45, 7) is 0. The van der Waals surface area contributed by atoms with E-state index in [1.54, 1.807) is 16.4 Å². The summed E-state index contributed by atoms with van der Waals surface area (Å²) < 4.78 is 6.42. The fourth-order valence-corrected chi connectivity index (χ4v) is 10.6. The zero-order valence-electron chi connectivity index (χ0n) is 12.3. The molecule has 0 aliphatic rings. The SMILES string of the molecule is CSc1[se]c(-c2[se]c(SC)c3ccccc23)c2ccccc12. The van der Waals surface area contributed by atoms with Crippen molar-refractivity contribution in [3.05, 3.63) is 48.5 Å². The molecule has 0 saturated carbocycles. The van der Waals surface area contributed by atoms with Crippen molar-refractivity contribution in [2.45, 2.75) is 7.54 Å². The minimum atomic E-state index is 0.459. The Morgan fingerprint density at radius 3 is 1.32 bits per heavy atom. The van der Waals surface area contributed by atoms with E-state index >= 15 is 0 Å². The van der Waals surface area contributed by atoms with Gasteiger partial charge in [-0.25, -0.2) is 0 Å². The van der Waals surface area contributed by atoms with Crippen LogP contribution in [0.15, 0.2) is 56.1 Å². The van der Waals surface area contributed by atoms with Crippen molar-refractivity contribution in [2.75, 3.05) is 12.5 Å². The molecular formula is C18H14S2Se2. The molecule has 0 fully saturated rings. The van der Waals surface area contributed by atoms with Gasteiger partial charge in [0.1, 0.15) is 0 Å². The van der Waals surface area contributed by atoms with Crippen LogP contribution < -0.4 is 0 Å². The molecule has 0 N–H and O–H groups in total. The van der Waals surface area contributed by atoms with Crippen LogP contribution in [0.1, 0.15) is 0 Å².